The monoisotopic (exact) mass is 360 g/mol. The van der Waals surface area contributed by atoms with E-state index in [1.165, 1.54) is 0 Å². The highest BCUT2D eigenvalue weighted by molar-refractivity contribution is 5.93. The summed E-state index contributed by atoms with van der Waals surface area (Å²) in [6, 6.07) is 17.9. The predicted molar refractivity (Wildman–Crippen MR) is 105 cm³/mol. The van der Waals surface area contributed by atoms with Crippen LogP contribution < -0.4 is 10.1 Å². The minimum Gasteiger partial charge on any atom is -0.494 e. The zero-order chi connectivity index (χ0) is 18.6. The van der Waals surface area contributed by atoms with Crippen molar-refractivity contribution in [1.29, 1.82) is 0 Å². The predicted octanol–water partition coefficient (Wildman–Crippen LogP) is 4.60. The highest BCUT2D eigenvalue weighted by Gasteiger charge is 2.17. The molecule has 2 aromatic heterocycles. The maximum Gasteiger partial charge on any atom is 0.228 e. The lowest BCUT2D eigenvalue weighted by Gasteiger charge is -2.08. The number of aromatic nitrogens is 3. The third-order valence-corrected chi connectivity index (χ3v) is 4.17. The lowest BCUT2D eigenvalue weighted by Crippen LogP contribution is -2.04. The Bertz CT molecular complexity index is 1040. The summed E-state index contributed by atoms with van der Waals surface area (Å²) in [6.45, 7) is 5.10. The molecule has 0 atom stereocenters. The molecule has 0 spiro atoms. The van der Waals surface area contributed by atoms with E-state index in [4.69, 9.17) is 9.26 Å². The van der Waals surface area contributed by atoms with Crippen molar-refractivity contribution in [2.45, 2.75) is 20.4 Å². The number of ether oxygens (including phenoxy) is 1. The highest BCUT2D eigenvalue weighted by atomic mass is 16.5. The minimum atomic E-state index is 0.561. The minimum absolute atomic E-state index is 0.561. The molecule has 0 fully saturated rings. The Hall–Kier alpha value is -3.41. The first-order valence-corrected chi connectivity index (χ1v) is 8.89. The van der Waals surface area contributed by atoms with Crippen LogP contribution in [0.3, 0.4) is 0 Å². The van der Waals surface area contributed by atoms with Crippen molar-refractivity contribution in [3.63, 3.8) is 0 Å². The van der Waals surface area contributed by atoms with Crippen LogP contribution in [-0.2, 0) is 6.54 Å². The van der Waals surface area contributed by atoms with Gasteiger partial charge in [0.2, 0.25) is 5.58 Å². The Labute approximate surface area is 157 Å². The van der Waals surface area contributed by atoms with Gasteiger partial charge in [0.15, 0.2) is 5.82 Å². The van der Waals surface area contributed by atoms with Crippen LogP contribution in [0, 0.1) is 6.92 Å². The summed E-state index contributed by atoms with van der Waals surface area (Å²) in [7, 11) is 0. The number of benzene rings is 2. The molecular formula is C21H20N4O2. The first-order chi connectivity index (χ1) is 13.2. The summed E-state index contributed by atoms with van der Waals surface area (Å²) in [5.74, 6) is 2.17. The van der Waals surface area contributed by atoms with E-state index in [1.807, 2.05) is 68.4 Å². The van der Waals surface area contributed by atoms with Crippen LogP contribution in [0.5, 0.6) is 5.75 Å². The molecule has 136 valence electrons. The number of fused-ring (bicyclic) bond motifs is 1. The molecule has 0 bridgehead atoms. The van der Waals surface area contributed by atoms with Crippen molar-refractivity contribution >= 4 is 16.9 Å². The largest absolute Gasteiger partial charge is 0.494 e. The summed E-state index contributed by atoms with van der Waals surface area (Å²) >= 11 is 0. The number of nitrogens with zero attached hydrogens (tertiary/aromatic N) is 3. The summed E-state index contributed by atoms with van der Waals surface area (Å²) < 4.78 is 11.0. The van der Waals surface area contributed by atoms with Crippen LogP contribution >= 0.6 is 0 Å². The van der Waals surface area contributed by atoms with Gasteiger partial charge in [-0.2, -0.15) is 0 Å². The molecule has 0 radical (unpaired) electrons. The maximum absolute atomic E-state index is 5.57. The molecule has 0 amide bonds. The molecule has 6 nitrogen and oxygen atoms in total. The third-order valence-electron chi connectivity index (χ3n) is 4.17. The van der Waals surface area contributed by atoms with Crippen molar-refractivity contribution in [1.82, 2.24) is 15.1 Å². The fourth-order valence-electron chi connectivity index (χ4n) is 2.91. The molecule has 0 aliphatic carbocycles. The molecule has 4 aromatic rings. The van der Waals surface area contributed by atoms with E-state index in [2.05, 4.69) is 20.4 Å². The average molecular weight is 360 g/mol. The van der Waals surface area contributed by atoms with E-state index >= 15 is 0 Å². The van der Waals surface area contributed by atoms with E-state index in [1.54, 1.807) is 0 Å². The average Bonchev–Trinajstić information content (AvgIpc) is 3.12. The van der Waals surface area contributed by atoms with Gasteiger partial charge in [-0.05, 0) is 31.5 Å². The van der Waals surface area contributed by atoms with Gasteiger partial charge < -0.3 is 14.6 Å². The van der Waals surface area contributed by atoms with Gasteiger partial charge in [0.25, 0.3) is 0 Å². The first kappa shape index (κ1) is 17.0. The van der Waals surface area contributed by atoms with Gasteiger partial charge in [-0.25, -0.2) is 9.97 Å². The van der Waals surface area contributed by atoms with Crippen molar-refractivity contribution in [3.8, 4) is 17.0 Å². The van der Waals surface area contributed by atoms with Gasteiger partial charge >= 0.3 is 0 Å². The maximum atomic E-state index is 5.57. The second-order valence-corrected chi connectivity index (χ2v) is 6.12. The summed E-state index contributed by atoms with van der Waals surface area (Å²) in [5, 5.41) is 7.56. The van der Waals surface area contributed by atoms with Crippen molar-refractivity contribution in [2.24, 2.45) is 0 Å². The Morgan fingerprint density at radius 1 is 1.00 bits per heavy atom. The van der Waals surface area contributed by atoms with Gasteiger partial charge in [0, 0.05) is 12.1 Å². The van der Waals surface area contributed by atoms with E-state index in [-0.39, 0.29) is 0 Å². The smallest absolute Gasteiger partial charge is 0.228 e. The SMILES string of the molecule is CCOc1ccc(CNc2nc(C)nc3c(-c4ccccc4)noc23)cc1. The molecule has 2 heterocycles. The van der Waals surface area contributed by atoms with Gasteiger partial charge in [-0.15, -0.1) is 0 Å². The van der Waals surface area contributed by atoms with Gasteiger partial charge in [-0.1, -0.05) is 47.6 Å². The molecule has 2 aromatic carbocycles. The Morgan fingerprint density at radius 2 is 1.78 bits per heavy atom. The lowest BCUT2D eigenvalue weighted by molar-refractivity contribution is 0.340. The standard InChI is InChI=1S/C21H20N4O2/c1-3-26-17-11-9-15(10-12-17)13-22-21-20-19(23-14(2)24-21)18(25-27-20)16-7-5-4-6-8-16/h4-12H,3,13H2,1-2H3,(H,22,23,24). The molecule has 0 aliphatic heterocycles. The summed E-state index contributed by atoms with van der Waals surface area (Å²) in [6.07, 6.45) is 0. The van der Waals surface area contributed by atoms with Crippen LogP contribution in [-0.4, -0.2) is 21.7 Å². The first-order valence-electron chi connectivity index (χ1n) is 8.89. The van der Waals surface area contributed by atoms with E-state index in [9.17, 15) is 0 Å². The number of hydrogen-bond donors (Lipinski definition) is 1. The fraction of sp³-hybridized carbons (Fsp3) is 0.190. The Morgan fingerprint density at radius 3 is 2.52 bits per heavy atom. The second-order valence-electron chi connectivity index (χ2n) is 6.12. The topological polar surface area (TPSA) is 73.1 Å². The van der Waals surface area contributed by atoms with Crippen LogP contribution in [0.2, 0.25) is 0 Å². The number of aryl methyl sites for hydroxylation is 1. The van der Waals surface area contributed by atoms with Crippen LogP contribution in [0.25, 0.3) is 22.4 Å². The van der Waals surface area contributed by atoms with Gasteiger partial charge in [0.1, 0.15) is 22.8 Å². The quantitative estimate of drug-likeness (QED) is 0.541. The second kappa shape index (κ2) is 7.45. The molecule has 27 heavy (non-hydrogen) atoms. The lowest BCUT2D eigenvalue weighted by atomic mass is 10.1. The third kappa shape index (κ3) is 3.60. The van der Waals surface area contributed by atoms with Crippen LogP contribution in [0.4, 0.5) is 5.82 Å². The number of hydrogen-bond acceptors (Lipinski definition) is 6. The van der Waals surface area contributed by atoms with Crippen molar-refractivity contribution in [3.05, 3.63) is 66.0 Å². The van der Waals surface area contributed by atoms with E-state index in [0.29, 0.717) is 35.9 Å². The van der Waals surface area contributed by atoms with Crippen LogP contribution in [0.15, 0.2) is 59.1 Å². The molecular weight excluding hydrogens is 340 g/mol. The summed E-state index contributed by atoms with van der Waals surface area (Å²) in [4.78, 5) is 9.03. The van der Waals surface area contributed by atoms with E-state index in [0.717, 1.165) is 22.6 Å². The Kier molecular flexibility index (Phi) is 4.70. The number of rotatable bonds is 6. The molecule has 0 aliphatic rings. The number of anilines is 1. The molecule has 0 saturated heterocycles. The van der Waals surface area contributed by atoms with Crippen molar-refractivity contribution < 1.29 is 9.26 Å². The molecule has 0 unspecified atom stereocenters. The number of nitrogens with one attached hydrogen (secondary N) is 1. The molecule has 1 N–H and O–H groups in total. The fourth-order valence-corrected chi connectivity index (χ4v) is 2.91. The molecule has 6 heteroatoms. The molecule has 0 saturated carbocycles. The van der Waals surface area contributed by atoms with Crippen LogP contribution in [0.1, 0.15) is 18.3 Å². The van der Waals surface area contributed by atoms with E-state index < -0.39 is 0 Å². The highest BCUT2D eigenvalue weighted by Crippen LogP contribution is 2.30. The molecule has 4 rings (SSSR count). The normalized spacial score (nSPS) is 10.9. The van der Waals surface area contributed by atoms with Gasteiger partial charge in [-0.3, -0.25) is 0 Å². The summed E-state index contributed by atoms with van der Waals surface area (Å²) in [5.41, 5.74) is 4.07. The zero-order valence-electron chi connectivity index (χ0n) is 15.3. The Balaban J connectivity index is 1.61. The van der Waals surface area contributed by atoms with Gasteiger partial charge in [0.05, 0.1) is 6.61 Å². The van der Waals surface area contributed by atoms with Crippen molar-refractivity contribution in [2.75, 3.05) is 11.9 Å². The zero-order valence-corrected chi connectivity index (χ0v) is 15.3.